The molecule has 0 aromatic heterocycles. The lowest BCUT2D eigenvalue weighted by molar-refractivity contribution is -0.140. The summed E-state index contributed by atoms with van der Waals surface area (Å²) in [4.78, 5) is 24.7. The van der Waals surface area contributed by atoms with Gasteiger partial charge in [-0.15, -0.1) is 11.8 Å². The Balaban J connectivity index is 1.88. The summed E-state index contributed by atoms with van der Waals surface area (Å²) in [7, 11) is 0. The first-order chi connectivity index (χ1) is 9.08. The molecule has 108 valence electrons. The molecule has 1 aliphatic carbocycles. The number of thioether (sulfide) groups is 1. The van der Waals surface area contributed by atoms with Gasteiger partial charge in [0.15, 0.2) is 0 Å². The number of aliphatic carboxylic acids is 1. The van der Waals surface area contributed by atoms with Gasteiger partial charge in [0, 0.05) is 11.8 Å². The molecule has 1 heterocycles. The average Bonchev–Trinajstić information content (AvgIpc) is 2.77. The second-order valence-corrected chi connectivity index (χ2v) is 6.58. The fourth-order valence-corrected chi connectivity index (χ4v) is 3.88. The minimum atomic E-state index is -0.908. The number of carboxylic acids is 1. The zero-order valence-electron chi connectivity index (χ0n) is 11.3. The number of nitrogens with zero attached hydrogens (tertiary/aromatic N) is 1. The lowest BCUT2D eigenvalue weighted by atomic mass is 10.0. The van der Waals surface area contributed by atoms with Gasteiger partial charge in [0.05, 0.1) is 5.88 Å². The Bertz CT molecular complexity index is 351. The summed E-state index contributed by atoms with van der Waals surface area (Å²) < 4.78 is 0. The van der Waals surface area contributed by atoms with Crippen LogP contribution in [0.5, 0.6) is 0 Å². The molecular weight excluding hydrogens is 264 g/mol. The van der Waals surface area contributed by atoms with Gasteiger partial charge in [0.1, 0.15) is 6.04 Å². The van der Waals surface area contributed by atoms with E-state index in [1.807, 2.05) is 0 Å². The van der Waals surface area contributed by atoms with Crippen molar-refractivity contribution in [2.24, 2.45) is 5.92 Å². The third kappa shape index (κ3) is 3.78. The molecule has 6 heteroatoms. The summed E-state index contributed by atoms with van der Waals surface area (Å²) in [6, 6.07) is -0.677. The minimum Gasteiger partial charge on any atom is -0.480 e. The van der Waals surface area contributed by atoms with Crippen LogP contribution in [0.4, 0.5) is 4.79 Å². The fourth-order valence-electron chi connectivity index (χ4n) is 2.74. The highest BCUT2D eigenvalue weighted by atomic mass is 32.2. The Morgan fingerprint density at radius 2 is 2.05 bits per heavy atom. The van der Waals surface area contributed by atoms with Crippen molar-refractivity contribution in [2.75, 3.05) is 11.6 Å². The first-order valence-electron chi connectivity index (χ1n) is 6.95. The van der Waals surface area contributed by atoms with Gasteiger partial charge in [-0.3, -0.25) is 0 Å². The minimum absolute atomic E-state index is 0.206. The standard InChI is InChI=1S/C13H22N2O3S/c1-9-3-2-4-10(6-5-9)14-13(18)15-8-19-7-11(15)12(16)17/h9-11H,2-8H2,1H3,(H,14,18)(H,16,17)/t9?,10?,11-/m0/s1. The van der Waals surface area contributed by atoms with Crippen LogP contribution in [-0.2, 0) is 4.79 Å². The van der Waals surface area contributed by atoms with Crippen LogP contribution in [0.2, 0.25) is 0 Å². The second kappa shape index (κ2) is 6.50. The first-order valence-corrected chi connectivity index (χ1v) is 8.11. The molecule has 0 aromatic rings. The zero-order valence-corrected chi connectivity index (χ0v) is 12.1. The number of carbonyl (C=O) groups is 2. The third-order valence-corrected chi connectivity index (χ3v) is 5.03. The summed E-state index contributed by atoms with van der Waals surface area (Å²) in [5, 5.41) is 12.1. The van der Waals surface area contributed by atoms with Crippen LogP contribution in [-0.4, -0.2) is 45.7 Å². The average molecular weight is 286 g/mol. The maximum Gasteiger partial charge on any atom is 0.327 e. The van der Waals surface area contributed by atoms with E-state index in [4.69, 9.17) is 5.11 Å². The van der Waals surface area contributed by atoms with E-state index in [9.17, 15) is 9.59 Å². The van der Waals surface area contributed by atoms with Gasteiger partial charge in [-0.05, 0) is 25.2 Å². The molecule has 1 saturated heterocycles. The normalized spacial score (nSPS) is 31.8. The SMILES string of the molecule is CC1CCCC(NC(=O)N2CSC[C@H]2C(=O)O)CC1. The predicted molar refractivity (Wildman–Crippen MR) is 75.2 cm³/mol. The number of hydrogen-bond acceptors (Lipinski definition) is 3. The van der Waals surface area contributed by atoms with E-state index in [-0.39, 0.29) is 12.1 Å². The Hall–Kier alpha value is -0.910. The van der Waals surface area contributed by atoms with Crippen LogP contribution < -0.4 is 5.32 Å². The van der Waals surface area contributed by atoms with E-state index >= 15 is 0 Å². The summed E-state index contributed by atoms with van der Waals surface area (Å²) >= 11 is 1.50. The maximum atomic E-state index is 12.2. The van der Waals surface area contributed by atoms with Crippen molar-refractivity contribution in [1.82, 2.24) is 10.2 Å². The lowest BCUT2D eigenvalue weighted by Crippen LogP contribution is -2.49. The number of hydrogen-bond donors (Lipinski definition) is 2. The van der Waals surface area contributed by atoms with Crippen molar-refractivity contribution in [3.63, 3.8) is 0 Å². The van der Waals surface area contributed by atoms with Gasteiger partial charge in [-0.25, -0.2) is 9.59 Å². The maximum absolute atomic E-state index is 12.2. The monoisotopic (exact) mass is 286 g/mol. The lowest BCUT2D eigenvalue weighted by Gasteiger charge is -2.24. The zero-order chi connectivity index (χ0) is 13.8. The fraction of sp³-hybridized carbons (Fsp3) is 0.846. The smallest absolute Gasteiger partial charge is 0.327 e. The highest BCUT2D eigenvalue weighted by Gasteiger charge is 2.35. The number of urea groups is 1. The molecule has 2 amide bonds. The highest BCUT2D eigenvalue weighted by molar-refractivity contribution is 7.99. The van der Waals surface area contributed by atoms with E-state index < -0.39 is 12.0 Å². The third-order valence-electron chi connectivity index (χ3n) is 4.01. The summed E-state index contributed by atoms with van der Waals surface area (Å²) in [5.41, 5.74) is 0. The van der Waals surface area contributed by atoms with Gasteiger partial charge >= 0.3 is 12.0 Å². The molecule has 2 N–H and O–H groups in total. The van der Waals surface area contributed by atoms with Gasteiger partial charge in [-0.1, -0.05) is 19.8 Å². The molecule has 3 atom stereocenters. The number of carboxylic acid groups (broad SMARTS) is 1. The first kappa shape index (κ1) is 14.5. The van der Waals surface area contributed by atoms with Crippen molar-refractivity contribution in [3.8, 4) is 0 Å². The van der Waals surface area contributed by atoms with Gasteiger partial charge in [-0.2, -0.15) is 0 Å². The Kier molecular flexibility index (Phi) is 4.96. The number of carbonyl (C=O) groups excluding carboxylic acids is 1. The van der Waals surface area contributed by atoms with Crippen molar-refractivity contribution in [3.05, 3.63) is 0 Å². The molecule has 2 aliphatic rings. The molecule has 0 spiro atoms. The molecule has 2 unspecified atom stereocenters. The molecule has 19 heavy (non-hydrogen) atoms. The summed E-state index contributed by atoms with van der Waals surface area (Å²) in [6.07, 6.45) is 5.52. The molecule has 5 nitrogen and oxygen atoms in total. The molecule has 0 radical (unpaired) electrons. The quantitative estimate of drug-likeness (QED) is 0.763. The molecule has 2 fully saturated rings. The Morgan fingerprint density at radius 1 is 1.26 bits per heavy atom. The van der Waals surface area contributed by atoms with E-state index in [1.54, 1.807) is 0 Å². The van der Waals surface area contributed by atoms with Gasteiger partial charge < -0.3 is 15.3 Å². The predicted octanol–water partition coefficient (Wildman–Crippen LogP) is 2.12. The van der Waals surface area contributed by atoms with Gasteiger partial charge in [0.25, 0.3) is 0 Å². The molecule has 0 bridgehead atoms. The number of rotatable bonds is 2. The molecular formula is C13H22N2O3S. The second-order valence-electron chi connectivity index (χ2n) is 5.58. The van der Waals surface area contributed by atoms with Crippen molar-refractivity contribution in [2.45, 2.75) is 51.1 Å². The Morgan fingerprint density at radius 3 is 2.79 bits per heavy atom. The van der Waals surface area contributed by atoms with E-state index in [2.05, 4.69) is 12.2 Å². The summed E-state index contributed by atoms with van der Waals surface area (Å²) in [6.45, 7) is 2.25. The molecule has 2 rings (SSSR count). The van der Waals surface area contributed by atoms with Gasteiger partial charge in [0.2, 0.25) is 0 Å². The van der Waals surface area contributed by atoms with E-state index in [0.717, 1.165) is 31.6 Å². The van der Waals surface area contributed by atoms with Crippen LogP contribution in [0.25, 0.3) is 0 Å². The van der Waals surface area contributed by atoms with Crippen molar-refractivity contribution >= 4 is 23.8 Å². The molecule has 0 aromatic carbocycles. The van der Waals surface area contributed by atoms with E-state index in [1.165, 1.54) is 23.1 Å². The van der Waals surface area contributed by atoms with Crippen molar-refractivity contribution < 1.29 is 14.7 Å². The molecule has 1 saturated carbocycles. The summed E-state index contributed by atoms with van der Waals surface area (Å²) in [5.74, 6) is 0.793. The van der Waals surface area contributed by atoms with Crippen LogP contribution in [0, 0.1) is 5.92 Å². The van der Waals surface area contributed by atoms with Crippen LogP contribution in [0.3, 0.4) is 0 Å². The van der Waals surface area contributed by atoms with Crippen LogP contribution in [0.15, 0.2) is 0 Å². The van der Waals surface area contributed by atoms with Crippen molar-refractivity contribution in [1.29, 1.82) is 0 Å². The molecule has 1 aliphatic heterocycles. The Labute approximate surface area is 118 Å². The van der Waals surface area contributed by atoms with Crippen LogP contribution in [0.1, 0.15) is 39.0 Å². The van der Waals surface area contributed by atoms with Crippen LogP contribution >= 0.6 is 11.8 Å². The topological polar surface area (TPSA) is 69.6 Å². The van der Waals surface area contributed by atoms with E-state index in [0.29, 0.717) is 11.6 Å². The number of nitrogens with one attached hydrogen (secondary N) is 1. The number of amides is 2. The largest absolute Gasteiger partial charge is 0.480 e. The highest BCUT2D eigenvalue weighted by Crippen LogP contribution is 2.24.